The second-order valence-electron chi connectivity index (χ2n) is 7.69. The van der Waals surface area contributed by atoms with Crippen LogP contribution in [-0.4, -0.2) is 90.6 Å². The third kappa shape index (κ3) is 5.30. The van der Waals surface area contributed by atoms with Crippen LogP contribution < -0.4 is 5.32 Å². The zero-order chi connectivity index (χ0) is 26.0. The van der Waals surface area contributed by atoms with Gasteiger partial charge in [-0.3, -0.25) is 9.13 Å². The summed E-state index contributed by atoms with van der Waals surface area (Å²) in [6.07, 6.45) is -3.96. The quantitative estimate of drug-likeness (QED) is 0.181. The highest BCUT2D eigenvalue weighted by molar-refractivity contribution is 7.55. The van der Waals surface area contributed by atoms with E-state index in [4.69, 9.17) is 30.3 Å². The number of aromatic nitrogens is 4. The molecule has 2 aromatic rings. The Hall–Kier alpha value is -1.90. The van der Waals surface area contributed by atoms with Crippen molar-refractivity contribution in [1.82, 2.24) is 19.5 Å². The second kappa shape index (κ2) is 11.0. The van der Waals surface area contributed by atoms with Crippen LogP contribution in [0, 0.1) is 0 Å². The van der Waals surface area contributed by atoms with Crippen LogP contribution in [0.4, 0.5) is 5.82 Å². The van der Waals surface area contributed by atoms with Crippen molar-refractivity contribution in [2.45, 2.75) is 57.6 Å². The van der Waals surface area contributed by atoms with E-state index in [0.717, 1.165) is 6.92 Å². The molecule has 2 unspecified atom stereocenters. The highest BCUT2D eigenvalue weighted by Gasteiger charge is 2.55. The van der Waals surface area contributed by atoms with Crippen molar-refractivity contribution in [3.8, 4) is 0 Å². The van der Waals surface area contributed by atoms with Gasteiger partial charge in [0.1, 0.15) is 18.3 Å². The summed E-state index contributed by atoms with van der Waals surface area (Å²) in [5.41, 5.74) is 0.611. The Balaban J connectivity index is 1.85. The van der Waals surface area contributed by atoms with Gasteiger partial charge in [-0.05, 0) is 39.3 Å². The van der Waals surface area contributed by atoms with Gasteiger partial charge in [-0.2, -0.15) is 9.97 Å². The molecule has 1 saturated heterocycles. The number of imidazole rings is 1. The zero-order valence-electron chi connectivity index (χ0n) is 19.6. The molecule has 3 heterocycles. The summed E-state index contributed by atoms with van der Waals surface area (Å²) >= 11 is 6.03. The molecule has 0 amide bonds. The summed E-state index contributed by atoms with van der Waals surface area (Å²) in [5.74, 6) is -0.735. The Morgan fingerprint density at radius 2 is 2.00 bits per heavy atom. The normalized spacial score (nSPS) is 25.8. The number of nitrogens with zero attached hydrogens (tertiary/aromatic N) is 4. The van der Waals surface area contributed by atoms with Crippen LogP contribution in [0.5, 0.6) is 0 Å². The molecule has 0 aromatic carbocycles. The third-order valence-corrected chi connectivity index (χ3v) is 7.54. The molecule has 14 nitrogen and oxygen atoms in total. The first kappa shape index (κ1) is 27.7. The molecule has 1 fully saturated rings. The Bertz CT molecular complexity index is 1100. The SMILES string of the molecule is CCNc1nc(Cl)nc2c1ncn2[C@@H]1O[C@H](COC(C)(C(=O)OCC)P(=O)(O)OCC)[C@@H](O)[C@H]1O. The van der Waals surface area contributed by atoms with Gasteiger partial charge in [0.05, 0.1) is 26.1 Å². The van der Waals surface area contributed by atoms with E-state index in [1.165, 1.54) is 24.7 Å². The van der Waals surface area contributed by atoms with Crippen LogP contribution in [0.2, 0.25) is 5.28 Å². The number of carbonyl (C=O) groups excluding carboxylic acids is 1. The van der Waals surface area contributed by atoms with E-state index in [1.807, 2.05) is 6.92 Å². The molecule has 6 atom stereocenters. The van der Waals surface area contributed by atoms with E-state index >= 15 is 0 Å². The van der Waals surface area contributed by atoms with Crippen molar-refractivity contribution in [1.29, 1.82) is 0 Å². The molecule has 4 N–H and O–H groups in total. The number of hydrogen-bond acceptors (Lipinski definition) is 12. The molecule has 1 aliphatic rings. The molecule has 0 bridgehead atoms. The maximum absolute atomic E-state index is 12.7. The monoisotopic (exact) mass is 537 g/mol. The second-order valence-corrected chi connectivity index (χ2v) is 10.2. The first-order valence-corrected chi connectivity index (χ1v) is 12.9. The molecular weight excluding hydrogens is 509 g/mol. The number of ether oxygens (including phenoxy) is 3. The summed E-state index contributed by atoms with van der Waals surface area (Å²) < 4.78 is 35.2. The summed E-state index contributed by atoms with van der Waals surface area (Å²) in [7, 11) is -4.66. The lowest BCUT2D eigenvalue weighted by Crippen LogP contribution is -2.44. The standard InChI is InChI=1S/C19H29ClN5O9P/c1-5-21-14-11-15(24-18(20)23-14)25(9-22-11)16-13(27)12(26)10(34-16)8-32-19(4,17(28)31-6-2)35(29,30)33-7-3/h9-10,12-13,16,26-27H,5-8H2,1-4H3,(H,29,30)(H,21,23,24)/t10-,12-,13-,16-,19?/m1/s1. The Morgan fingerprint density at radius 3 is 2.63 bits per heavy atom. The van der Waals surface area contributed by atoms with Crippen molar-refractivity contribution in [3.63, 3.8) is 0 Å². The van der Waals surface area contributed by atoms with Crippen molar-refractivity contribution in [3.05, 3.63) is 11.6 Å². The molecule has 16 heteroatoms. The van der Waals surface area contributed by atoms with Gasteiger partial charge in [0, 0.05) is 6.54 Å². The van der Waals surface area contributed by atoms with Crippen molar-refractivity contribution in [2.24, 2.45) is 0 Å². The molecule has 196 valence electrons. The fourth-order valence-electron chi connectivity index (χ4n) is 3.53. The molecule has 0 saturated carbocycles. The number of esters is 1. The van der Waals surface area contributed by atoms with Gasteiger partial charge in [0.25, 0.3) is 5.34 Å². The van der Waals surface area contributed by atoms with Gasteiger partial charge in [-0.1, -0.05) is 0 Å². The van der Waals surface area contributed by atoms with Gasteiger partial charge in [-0.25, -0.2) is 9.78 Å². The molecule has 0 spiro atoms. The van der Waals surface area contributed by atoms with Crippen LogP contribution in [0.1, 0.15) is 33.9 Å². The third-order valence-electron chi connectivity index (χ3n) is 5.38. The van der Waals surface area contributed by atoms with Crippen LogP contribution in [-0.2, 0) is 28.1 Å². The number of halogens is 1. The molecule has 35 heavy (non-hydrogen) atoms. The van der Waals surface area contributed by atoms with Gasteiger partial charge in [0.2, 0.25) is 5.28 Å². The Morgan fingerprint density at radius 1 is 1.29 bits per heavy atom. The van der Waals surface area contributed by atoms with Crippen molar-refractivity contribution in [2.75, 3.05) is 31.7 Å². The largest absolute Gasteiger partial charge is 0.463 e. The molecule has 1 aliphatic heterocycles. The fourth-order valence-corrected chi connectivity index (χ4v) is 4.82. The summed E-state index contributed by atoms with van der Waals surface area (Å²) in [6.45, 7) is 5.69. The number of anilines is 1. The first-order chi connectivity index (χ1) is 16.5. The van der Waals surface area contributed by atoms with Gasteiger partial charge < -0.3 is 39.2 Å². The van der Waals surface area contributed by atoms with E-state index in [0.29, 0.717) is 17.9 Å². The predicted molar refractivity (Wildman–Crippen MR) is 123 cm³/mol. The van der Waals surface area contributed by atoms with E-state index in [9.17, 15) is 24.5 Å². The van der Waals surface area contributed by atoms with Crippen molar-refractivity contribution >= 4 is 42.1 Å². The number of fused-ring (bicyclic) bond motifs is 1. The average molecular weight is 538 g/mol. The molecule has 2 aromatic heterocycles. The highest BCUT2D eigenvalue weighted by atomic mass is 35.5. The van der Waals surface area contributed by atoms with E-state index in [1.54, 1.807) is 0 Å². The predicted octanol–water partition coefficient (Wildman–Crippen LogP) is 1.05. The van der Waals surface area contributed by atoms with Crippen LogP contribution >= 0.6 is 19.2 Å². The van der Waals surface area contributed by atoms with Crippen LogP contribution in [0.3, 0.4) is 0 Å². The van der Waals surface area contributed by atoms with Crippen LogP contribution in [0.15, 0.2) is 6.33 Å². The number of hydrogen-bond donors (Lipinski definition) is 4. The minimum absolute atomic E-state index is 0.0667. The highest BCUT2D eigenvalue weighted by Crippen LogP contribution is 2.56. The Labute approximate surface area is 206 Å². The van der Waals surface area contributed by atoms with Crippen molar-refractivity contribution < 1.29 is 43.2 Å². The minimum Gasteiger partial charge on any atom is -0.463 e. The fraction of sp³-hybridized carbons (Fsp3) is 0.684. The molecular formula is C19H29ClN5O9P. The average Bonchev–Trinajstić information content (AvgIpc) is 3.33. The maximum Gasteiger partial charge on any atom is 0.370 e. The minimum atomic E-state index is -4.66. The first-order valence-electron chi connectivity index (χ1n) is 10.9. The summed E-state index contributed by atoms with van der Waals surface area (Å²) in [6, 6.07) is 0. The Kier molecular flexibility index (Phi) is 8.71. The lowest BCUT2D eigenvalue weighted by Gasteiger charge is -2.31. The molecule has 0 aliphatic carbocycles. The van der Waals surface area contributed by atoms with Gasteiger partial charge in [0.15, 0.2) is 23.2 Å². The van der Waals surface area contributed by atoms with Gasteiger partial charge >= 0.3 is 13.6 Å². The topological polar surface area (TPSA) is 187 Å². The molecule has 3 rings (SSSR count). The number of rotatable bonds is 11. The maximum atomic E-state index is 12.7. The lowest BCUT2D eigenvalue weighted by molar-refractivity contribution is -0.167. The summed E-state index contributed by atoms with van der Waals surface area (Å²) in [4.78, 5) is 35.3. The zero-order valence-corrected chi connectivity index (χ0v) is 21.3. The van der Waals surface area contributed by atoms with E-state index in [2.05, 4.69) is 20.3 Å². The van der Waals surface area contributed by atoms with E-state index < -0.39 is 50.1 Å². The van der Waals surface area contributed by atoms with Crippen LogP contribution in [0.25, 0.3) is 11.2 Å². The number of carbonyl (C=O) groups is 1. The van der Waals surface area contributed by atoms with E-state index in [-0.39, 0.29) is 24.1 Å². The number of aliphatic hydroxyl groups excluding tert-OH is 2. The number of nitrogens with one attached hydrogen (secondary N) is 1. The lowest BCUT2D eigenvalue weighted by atomic mass is 10.1. The number of aliphatic hydroxyl groups is 2. The molecule has 0 radical (unpaired) electrons. The smallest absolute Gasteiger partial charge is 0.370 e. The van der Waals surface area contributed by atoms with Gasteiger partial charge in [-0.15, -0.1) is 0 Å². The summed E-state index contributed by atoms with van der Waals surface area (Å²) in [5, 5.41) is 21.8.